The number of thioether (sulfide) groups is 1. The Morgan fingerprint density at radius 2 is 1.93 bits per heavy atom. The van der Waals surface area contributed by atoms with Gasteiger partial charge in [0.1, 0.15) is 5.82 Å². The number of aromatic nitrogens is 3. The highest BCUT2D eigenvalue weighted by molar-refractivity contribution is 7.99. The van der Waals surface area contributed by atoms with Gasteiger partial charge in [0.2, 0.25) is 5.91 Å². The molecule has 1 amide bonds. The van der Waals surface area contributed by atoms with Crippen LogP contribution in [-0.2, 0) is 11.0 Å². The van der Waals surface area contributed by atoms with Crippen molar-refractivity contribution >= 4 is 40.6 Å². The molecule has 0 aliphatic heterocycles. The second-order valence-corrected chi connectivity index (χ2v) is 6.87. The fourth-order valence-electron chi connectivity index (χ4n) is 2.18. The Labute approximate surface area is 159 Å². The molecule has 0 aliphatic carbocycles. The van der Waals surface area contributed by atoms with Crippen molar-refractivity contribution < 1.29 is 22.4 Å². The van der Waals surface area contributed by atoms with Crippen molar-refractivity contribution in [3.05, 3.63) is 52.9 Å². The summed E-state index contributed by atoms with van der Waals surface area (Å²) in [6.07, 6.45) is -3.62. The van der Waals surface area contributed by atoms with Gasteiger partial charge in [-0.2, -0.15) is 13.2 Å². The minimum absolute atomic E-state index is 0.0731. The van der Waals surface area contributed by atoms with Crippen LogP contribution in [0.15, 0.2) is 41.7 Å². The summed E-state index contributed by atoms with van der Waals surface area (Å²) in [5, 5.41) is 10.2. The standard InChI is InChI=1S/C16H11ClF4N4OS/c17-12-7-9(16(19,20)21)8-25-14(12)23-24-15(25)27-6-5-13(26)22-11-3-1-10(18)2-4-11/h1-4,7-8H,5-6H2,(H,22,26). The number of nitrogens with zero attached hydrogens (tertiary/aromatic N) is 3. The molecular formula is C16H11ClF4N4OS. The molecule has 0 spiro atoms. The number of halogens is 5. The van der Waals surface area contributed by atoms with Crippen LogP contribution in [0, 0.1) is 5.82 Å². The van der Waals surface area contributed by atoms with E-state index in [4.69, 9.17) is 11.6 Å². The van der Waals surface area contributed by atoms with Crippen LogP contribution < -0.4 is 5.32 Å². The number of hydrogen-bond acceptors (Lipinski definition) is 4. The SMILES string of the molecule is O=C(CCSc1nnc2c(Cl)cc(C(F)(F)F)cn12)Nc1ccc(F)cc1. The number of fused-ring (bicyclic) bond motifs is 1. The smallest absolute Gasteiger partial charge is 0.326 e. The molecule has 11 heteroatoms. The van der Waals surface area contributed by atoms with Crippen LogP contribution >= 0.6 is 23.4 Å². The van der Waals surface area contributed by atoms with Crippen molar-refractivity contribution in [2.75, 3.05) is 11.1 Å². The van der Waals surface area contributed by atoms with E-state index < -0.39 is 17.6 Å². The number of anilines is 1. The van der Waals surface area contributed by atoms with Gasteiger partial charge in [0.05, 0.1) is 10.6 Å². The summed E-state index contributed by atoms with van der Waals surface area (Å²) >= 11 is 6.91. The van der Waals surface area contributed by atoms with Crippen molar-refractivity contribution in [2.45, 2.75) is 17.8 Å². The summed E-state index contributed by atoms with van der Waals surface area (Å²) in [4.78, 5) is 11.9. The third kappa shape index (κ3) is 4.69. The van der Waals surface area contributed by atoms with E-state index in [9.17, 15) is 22.4 Å². The lowest BCUT2D eigenvalue weighted by molar-refractivity contribution is -0.137. The topological polar surface area (TPSA) is 59.3 Å². The van der Waals surface area contributed by atoms with Crippen molar-refractivity contribution in [1.82, 2.24) is 14.6 Å². The maximum absolute atomic E-state index is 12.9. The highest BCUT2D eigenvalue weighted by atomic mass is 35.5. The molecule has 0 bridgehead atoms. The molecule has 0 fully saturated rings. The van der Waals surface area contributed by atoms with Gasteiger partial charge in [0.25, 0.3) is 0 Å². The molecule has 0 unspecified atom stereocenters. The Bertz CT molecular complexity index is 975. The quantitative estimate of drug-likeness (QED) is 0.483. The Morgan fingerprint density at radius 3 is 2.59 bits per heavy atom. The first kappa shape index (κ1) is 19.4. The first-order chi connectivity index (χ1) is 12.7. The number of amides is 1. The molecule has 0 radical (unpaired) electrons. The number of pyridine rings is 1. The zero-order valence-corrected chi connectivity index (χ0v) is 15.0. The number of rotatable bonds is 5. The van der Waals surface area contributed by atoms with Crippen LogP contribution in [0.2, 0.25) is 5.02 Å². The minimum atomic E-state index is -4.56. The van der Waals surface area contributed by atoms with E-state index in [1.807, 2.05) is 0 Å². The summed E-state index contributed by atoms with van der Waals surface area (Å²) in [7, 11) is 0. The molecule has 2 aromatic heterocycles. The molecule has 3 aromatic rings. The zero-order chi connectivity index (χ0) is 19.6. The van der Waals surface area contributed by atoms with Gasteiger partial charge in [-0.25, -0.2) is 4.39 Å². The van der Waals surface area contributed by atoms with Crippen molar-refractivity contribution in [1.29, 1.82) is 0 Å². The minimum Gasteiger partial charge on any atom is -0.326 e. The molecule has 2 heterocycles. The molecule has 5 nitrogen and oxygen atoms in total. The number of benzene rings is 1. The lowest BCUT2D eigenvalue weighted by Gasteiger charge is -2.08. The van der Waals surface area contributed by atoms with Crippen LogP contribution in [0.4, 0.5) is 23.2 Å². The number of alkyl halides is 3. The molecule has 1 N–H and O–H groups in total. The van der Waals surface area contributed by atoms with Gasteiger partial charge in [0.15, 0.2) is 10.8 Å². The Balaban J connectivity index is 1.65. The maximum atomic E-state index is 12.9. The lowest BCUT2D eigenvalue weighted by Crippen LogP contribution is -2.12. The molecule has 0 aliphatic rings. The maximum Gasteiger partial charge on any atom is 0.417 e. The molecule has 0 saturated heterocycles. The summed E-state index contributed by atoms with van der Waals surface area (Å²) in [6.45, 7) is 0. The van der Waals surface area contributed by atoms with Crippen LogP contribution in [0.5, 0.6) is 0 Å². The van der Waals surface area contributed by atoms with Gasteiger partial charge in [-0.15, -0.1) is 10.2 Å². The van der Waals surface area contributed by atoms with Crippen molar-refractivity contribution in [3.63, 3.8) is 0 Å². The zero-order valence-electron chi connectivity index (χ0n) is 13.4. The van der Waals surface area contributed by atoms with Gasteiger partial charge in [-0.1, -0.05) is 23.4 Å². The predicted octanol–water partition coefficient (Wildman–Crippen LogP) is 4.66. The lowest BCUT2D eigenvalue weighted by atomic mass is 10.3. The Hall–Kier alpha value is -2.33. The average molecular weight is 419 g/mol. The van der Waals surface area contributed by atoms with Crippen molar-refractivity contribution in [2.24, 2.45) is 0 Å². The molecular weight excluding hydrogens is 408 g/mol. The van der Waals surface area contributed by atoms with Gasteiger partial charge >= 0.3 is 6.18 Å². The van der Waals surface area contributed by atoms with Gasteiger partial charge in [-0.05, 0) is 30.3 Å². The monoisotopic (exact) mass is 418 g/mol. The summed E-state index contributed by atoms with van der Waals surface area (Å²) in [5.74, 6) is -0.488. The van der Waals surface area contributed by atoms with Crippen LogP contribution in [0.25, 0.3) is 5.65 Å². The van der Waals surface area contributed by atoms with Gasteiger partial charge < -0.3 is 5.32 Å². The molecule has 0 saturated carbocycles. The predicted molar refractivity (Wildman–Crippen MR) is 93.4 cm³/mol. The van der Waals surface area contributed by atoms with Crippen LogP contribution in [0.1, 0.15) is 12.0 Å². The fourth-order valence-corrected chi connectivity index (χ4v) is 3.27. The molecule has 3 rings (SSSR count). The Morgan fingerprint density at radius 1 is 1.22 bits per heavy atom. The summed E-state index contributed by atoms with van der Waals surface area (Å²) in [6, 6.07) is 6.07. The van der Waals surface area contributed by atoms with E-state index in [-0.39, 0.29) is 33.9 Å². The van der Waals surface area contributed by atoms with Gasteiger partial charge in [0, 0.05) is 24.1 Å². The van der Waals surface area contributed by atoms with E-state index in [2.05, 4.69) is 15.5 Å². The number of hydrogen-bond donors (Lipinski definition) is 1. The Kier molecular flexibility index (Phi) is 5.56. The van der Waals surface area contributed by atoms with Crippen molar-refractivity contribution in [3.8, 4) is 0 Å². The van der Waals surface area contributed by atoms with E-state index in [1.165, 1.54) is 24.3 Å². The largest absolute Gasteiger partial charge is 0.417 e. The summed E-state index contributed by atoms with van der Waals surface area (Å²) in [5.41, 5.74) is -0.375. The first-order valence-corrected chi connectivity index (χ1v) is 8.90. The van der Waals surface area contributed by atoms with Crippen LogP contribution in [-0.4, -0.2) is 26.3 Å². The highest BCUT2D eigenvalue weighted by Crippen LogP contribution is 2.33. The van der Waals surface area contributed by atoms with Gasteiger partial charge in [-0.3, -0.25) is 9.20 Å². The average Bonchev–Trinajstić information content (AvgIpc) is 3.00. The first-order valence-electron chi connectivity index (χ1n) is 7.54. The molecule has 0 atom stereocenters. The molecule has 1 aromatic carbocycles. The third-order valence-electron chi connectivity index (χ3n) is 3.44. The van der Waals surface area contributed by atoms with E-state index in [1.54, 1.807) is 0 Å². The second-order valence-electron chi connectivity index (χ2n) is 5.40. The van der Waals surface area contributed by atoms with Crippen LogP contribution in [0.3, 0.4) is 0 Å². The number of carbonyl (C=O) groups excluding carboxylic acids is 1. The summed E-state index contributed by atoms with van der Waals surface area (Å²) < 4.78 is 52.8. The highest BCUT2D eigenvalue weighted by Gasteiger charge is 2.32. The second kappa shape index (κ2) is 7.73. The van der Waals surface area contributed by atoms with E-state index in [0.29, 0.717) is 5.69 Å². The normalized spacial score (nSPS) is 11.7. The third-order valence-corrected chi connectivity index (χ3v) is 4.67. The van der Waals surface area contributed by atoms with E-state index in [0.717, 1.165) is 28.4 Å². The molecule has 27 heavy (non-hydrogen) atoms. The number of nitrogens with one attached hydrogen (secondary N) is 1. The van der Waals surface area contributed by atoms with E-state index >= 15 is 0 Å². The fraction of sp³-hybridized carbons (Fsp3) is 0.188. The number of carbonyl (C=O) groups is 1. The molecule has 142 valence electrons.